The molecule has 0 aliphatic rings. The van der Waals surface area contributed by atoms with Crippen LogP contribution >= 0.6 is 11.6 Å². The van der Waals surface area contributed by atoms with Gasteiger partial charge in [0.05, 0.1) is 0 Å². The summed E-state index contributed by atoms with van der Waals surface area (Å²) in [7, 11) is 0. The number of aromatic hydroxyl groups is 2. The summed E-state index contributed by atoms with van der Waals surface area (Å²) >= 11 is 5.65. The third-order valence-electron chi connectivity index (χ3n) is 2.83. The van der Waals surface area contributed by atoms with E-state index in [4.69, 9.17) is 11.6 Å². The number of phenolic OH excluding ortho intramolecular Hbond substituents is 2. The van der Waals surface area contributed by atoms with Gasteiger partial charge in [0.25, 0.3) is 5.91 Å². The Hall–Kier alpha value is -2.20. The first-order valence-electron chi connectivity index (χ1n) is 6.08. The molecular weight excluding hydrogens is 278 g/mol. The topological polar surface area (TPSA) is 69.6 Å². The van der Waals surface area contributed by atoms with E-state index in [0.717, 1.165) is 12.0 Å². The number of rotatable bonds is 4. The summed E-state index contributed by atoms with van der Waals surface area (Å²) < 4.78 is 0. The predicted molar refractivity (Wildman–Crippen MR) is 78.6 cm³/mol. The molecule has 0 aromatic heterocycles. The second kappa shape index (κ2) is 6.30. The quantitative estimate of drug-likeness (QED) is 0.599. The molecule has 0 heterocycles. The largest absolute Gasteiger partial charge is 0.504 e. The number of benzene rings is 2. The number of aryl methyl sites for hydroxylation is 1. The van der Waals surface area contributed by atoms with Crippen molar-refractivity contribution in [1.82, 2.24) is 0 Å². The van der Waals surface area contributed by atoms with Crippen molar-refractivity contribution >= 4 is 23.2 Å². The zero-order valence-electron chi connectivity index (χ0n) is 10.6. The number of hydrogen-bond acceptors (Lipinski definition) is 3. The maximum Gasteiger partial charge on any atom is 0.255 e. The maximum atomic E-state index is 12.0. The van der Waals surface area contributed by atoms with Gasteiger partial charge in [0.15, 0.2) is 11.5 Å². The molecule has 2 aromatic rings. The van der Waals surface area contributed by atoms with Gasteiger partial charge < -0.3 is 15.5 Å². The van der Waals surface area contributed by atoms with Gasteiger partial charge in [-0.1, -0.05) is 12.1 Å². The zero-order valence-corrected chi connectivity index (χ0v) is 11.4. The fraction of sp³-hybridized carbons (Fsp3) is 0.133. The highest BCUT2D eigenvalue weighted by molar-refractivity contribution is 6.18. The van der Waals surface area contributed by atoms with Crippen LogP contribution in [0.2, 0.25) is 0 Å². The van der Waals surface area contributed by atoms with Crippen LogP contribution in [0.5, 0.6) is 11.5 Å². The fourth-order valence-electron chi connectivity index (χ4n) is 1.73. The Kier molecular flexibility index (Phi) is 4.48. The number of halogens is 1. The molecule has 0 aliphatic carbocycles. The SMILES string of the molecule is O=C(Nc1ccc(CCCl)cc1)c1ccc(O)c(O)c1. The van der Waals surface area contributed by atoms with Crippen molar-refractivity contribution in [1.29, 1.82) is 0 Å². The summed E-state index contributed by atoms with van der Waals surface area (Å²) in [6, 6.07) is 11.3. The third-order valence-corrected chi connectivity index (χ3v) is 3.02. The number of carbonyl (C=O) groups excluding carboxylic acids is 1. The van der Waals surface area contributed by atoms with Crippen LogP contribution in [-0.2, 0) is 6.42 Å². The first kappa shape index (κ1) is 14.2. The molecule has 104 valence electrons. The monoisotopic (exact) mass is 291 g/mol. The number of hydrogen-bond donors (Lipinski definition) is 3. The Morgan fingerprint density at radius 1 is 1.05 bits per heavy atom. The second-order valence-electron chi connectivity index (χ2n) is 4.29. The Morgan fingerprint density at radius 3 is 2.35 bits per heavy atom. The van der Waals surface area contributed by atoms with Gasteiger partial charge in [-0.15, -0.1) is 11.6 Å². The lowest BCUT2D eigenvalue weighted by Crippen LogP contribution is -2.11. The van der Waals surface area contributed by atoms with Gasteiger partial charge in [0.2, 0.25) is 0 Å². The van der Waals surface area contributed by atoms with Crippen molar-refractivity contribution in [2.24, 2.45) is 0 Å². The summed E-state index contributed by atoms with van der Waals surface area (Å²) in [6.45, 7) is 0. The van der Waals surface area contributed by atoms with Crippen LogP contribution < -0.4 is 5.32 Å². The first-order valence-corrected chi connectivity index (χ1v) is 6.62. The van der Waals surface area contributed by atoms with E-state index in [1.165, 1.54) is 18.2 Å². The maximum absolute atomic E-state index is 12.0. The van der Waals surface area contributed by atoms with Crippen molar-refractivity contribution in [2.45, 2.75) is 6.42 Å². The van der Waals surface area contributed by atoms with Crippen LogP contribution in [0.15, 0.2) is 42.5 Å². The first-order chi connectivity index (χ1) is 9.60. The van der Waals surface area contributed by atoms with E-state index in [0.29, 0.717) is 11.6 Å². The molecular formula is C15H14ClNO3. The van der Waals surface area contributed by atoms with Gasteiger partial charge in [0, 0.05) is 17.1 Å². The summed E-state index contributed by atoms with van der Waals surface area (Å²) in [5.74, 6) is -0.383. The van der Waals surface area contributed by atoms with Gasteiger partial charge >= 0.3 is 0 Å². The Bertz CT molecular complexity index is 611. The van der Waals surface area contributed by atoms with E-state index in [-0.39, 0.29) is 23.0 Å². The molecule has 1 amide bonds. The Balaban J connectivity index is 2.08. The average molecular weight is 292 g/mol. The number of phenols is 2. The molecule has 0 fully saturated rings. The highest BCUT2D eigenvalue weighted by atomic mass is 35.5. The number of anilines is 1. The normalized spacial score (nSPS) is 10.2. The van der Waals surface area contributed by atoms with Crippen LogP contribution in [0, 0.1) is 0 Å². The van der Waals surface area contributed by atoms with Crippen molar-refractivity contribution < 1.29 is 15.0 Å². The molecule has 0 aliphatic heterocycles. The van der Waals surface area contributed by atoms with Crippen LogP contribution in [0.1, 0.15) is 15.9 Å². The lowest BCUT2D eigenvalue weighted by molar-refractivity contribution is 0.102. The Labute approximate surface area is 121 Å². The minimum atomic E-state index is -0.356. The van der Waals surface area contributed by atoms with Gasteiger partial charge in [-0.3, -0.25) is 4.79 Å². The van der Waals surface area contributed by atoms with E-state index in [9.17, 15) is 15.0 Å². The molecule has 0 saturated carbocycles. The molecule has 0 saturated heterocycles. The third kappa shape index (κ3) is 3.42. The molecule has 0 atom stereocenters. The van der Waals surface area contributed by atoms with Crippen LogP contribution in [-0.4, -0.2) is 22.0 Å². The van der Waals surface area contributed by atoms with E-state index < -0.39 is 0 Å². The molecule has 3 N–H and O–H groups in total. The van der Waals surface area contributed by atoms with Crippen molar-refractivity contribution in [3.05, 3.63) is 53.6 Å². The van der Waals surface area contributed by atoms with E-state index in [1.807, 2.05) is 12.1 Å². The summed E-state index contributed by atoms with van der Waals surface area (Å²) in [4.78, 5) is 12.0. The van der Waals surface area contributed by atoms with E-state index in [2.05, 4.69) is 5.32 Å². The lowest BCUT2D eigenvalue weighted by atomic mass is 10.1. The highest BCUT2D eigenvalue weighted by Gasteiger charge is 2.09. The smallest absolute Gasteiger partial charge is 0.255 e. The van der Waals surface area contributed by atoms with Gasteiger partial charge in [-0.05, 0) is 42.3 Å². The molecule has 2 rings (SSSR count). The standard InChI is InChI=1S/C15H14ClNO3/c16-8-7-10-1-4-12(5-2-10)17-15(20)11-3-6-13(18)14(19)9-11/h1-6,9,18-19H,7-8H2,(H,17,20). The lowest BCUT2D eigenvalue weighted by Gasteiger charge is -2.07. The summed E-state index contributed by atoms with van der Waals surface area (Å²) in [5, 5.41) is 21.3. The summed E-state index contributed by atoms with van der Waals surface area (Å²) in [6.07, 6.45) is 0.779. The molecule has 0 bridgehead atoms. The molecule has 0 radical (unpaired) electrons. The minimum absolute atomic E-state index is 0.257. The Morgan fingerprint density at radius 2 is 1.75 bits per heavy atom. The molecule has 0 unspecified atom stereocenters. The number of alkyl halides is 1. The number of amides is 1. The van der Waals surface area contributed by atoms with Crippen molar-refractivity contribution in [2.75, 3.05) is 11.2 Å². The van der Waals surface area contributed by atoms with Crippen molar-refractivity contribution in [3.8, 4) is 11.5 Å². The van der Waals surface area contributed by atoms with Gasteiger partial charge in [-0.2, -0.15) is 0 Å². The van der Waals surface area contributed by atoms with E-state index in [1.54, 1.807) is 12.1 Å². The van der Waals surface area contributed by atoms with Gasteiger partial charge in [0.1, 0.15) is 0 Å². The second-order valence-corrected chi connectivity index (χ2v) is 4.67. The zero-order chi connectivity index (χ0) is 14.5. The molecule has 2 aromatic carbocycles. The fourth-order valence-corrected chi connectivity index (χ4v) is 1.95. The molecule has 0 spiro atoms. The minimum Gasteiger partial charge on any atom is -0.504 e. The summed E-state index contributed by atoms with van der Waals surface area (Å²) in [5.41, 5.74) is 2.02. The van der Waals surface area contributed by atoms with Crippen LogP contribution in [0.3, 0.4) is 0 Å². The number of nitrogens with one attached hydrogen (secondary N) is 1. The van der Waals surface area contributed by atoms with Gasteiger partial charge in [-0.25, -0.2) is 0 Å². The van der Waals surface area contributed by atoms with Crippen LogP contribution in [0.4, 0.5) is 5.69 Å². The predicted octanol–water partition coefficient (Wildman–Crippen LogP) is 3.13. The van der Waals surface area contributed by atoms with E-state index >= 15 is 0 Å². The highest BCUT2D eigenvalue weighted by Crippen LogP contribution is 2.25. The molecule has 5 heteroatoms. The van der Waals surface area contributed by atoms with Crippen LogP contribution in [0.25, 0.3) is 0 Å². The average Bonchev–Trinajstić information content (AvgIpc) is 2.44. The molecule has 4 nitrogen and oxygen atoms in total. The van der Waals surface area contributed by atoms with Crippen molar-refractivity contribution in [3.63, 3.8) is 0 Å². The number of carbonyl (C=O) groups is 1. The molecule has 20 heavy (non-hydrogen) atoms.